The molecule has 1 unspecified atom stereocenters. The molecule has 2 aliphatic heterocycles. The highest BCUT2D eigenvalue weighted by molar-refractivity contribution is 6.15. The fraction of sp³-hybridized carbons (Fsp3) is 0.400. The van der Waals surface area contributed by atoms with Crippen molar-refractivity contribution in [2.45, 2.75) is 50.9 Å². The summed E-state index contributed by atoms with van der Waals surface area (Å²) in [6.07, 6.45) is 2.02. The zero-order valence-corrected chi connectivity index (χ0v) is 15.4. The van der Waals surface area contributed by atoms with Gasteiger partial charge in [0, 0.05) is 24.9 Å². The summed E-state index contributed by atoms with van der Waals surface area (Å²) in [4.78, 5) is 42.5. The number of hydrogen-bond donors (Lipinski definition) is 0. The highest BCUT2D eigenvalue weighted by Crippen LogP contribution is 2.49. The van der Waals surface area contributed by atoms with Gasteiger partial charge in [0.15, 0.2) is 12.4 Å². The van der Waals surface area contributed by atoms with Gasteiger partial charge in [0.2, 0.25) is 11.6 Å². The van der Waals surface area contributed by atoms with Crippen molar-refractivity contribution in [3.05, 3.63) is 47.3 Å². The van der Waals surface area contributed by atoms with Crippen LogP contribution >= 0.6 is 0 Å². The van der Waals surface area contributed by atoms with Crippen LogP contribution in [0.3, 0.4) is 0 Å². The van der Waals surface area contributed by atoms with Gasteiger partial charge in [-0.2, -0.15) is 0 Å². The van der Waals surface area contributed by atoms with Crippen LogP contribution in [-0.2, 0) is 20.9 Å². The van der Waals surface area contributed by atoms with E-state index in [1.54, 1.807) is 42.2 Å². The fourth-order valence-corrected chi connectivity index (χ4v) is 4.25. The van der Waals surface area contributed by atoms with Crippen LogP contribution in [0.25, 0.3) is 0 Å². The number of aryl methyl sites for hydroxylation is 1. The molecular formula is C20H19N3O5. The molecule has 8 heteroatoms. The van der Waals surface area contributed by atoms with Crippen molar-refractivity contribution in [1.82, 2.24) is 10.1 Å². The summed E-state index contributed by atoms with van der Waals surface area (Å²) >= 11 is 0. The van der Waals surface area contributed by atoms with Crippen molar-refractivity contribution in [3.63, 3.8) is 0 Å². The Hall–Kier alpha value is -3.16. The Kier molecular flexibility index (Phi) is 3.59. The van der Waals surface area contributed by atoms with Crippen LogP contribution in [0.2, 0.25) is 0 Å². The van der Waals surface area contributed by atoms with Crippen molar-refractivity contribution in [1.29, 1.82) is 0 Å². The van der Waals surface area contributed by atoms with E-state index in [0.717, 1.165) is 12.8 Å². The summed E-state index contributed by atoms with van der Waals surface area (Å²) in [6, 6.07) is 8.56. The largest absolute Gasteiger partial charge is 0.454 e. The van der Waals surface area contributed by atoms with E-state index in [2.05, 4.69) is 5.16 Å². The predicted molar refractivity (Wildman–Crippen MR) is 96.1 cm³/mol. The zero-order chi connectivity index (χ0) is 19.5. The number of aromatic nitrogens is 1. The van der Waals surface area contributed by atoms with E-state index in [1.807, 2.05) is 0 Å². The second-order valence-corrected chi connectivity index (χ2v) is 7.48. The number of carbonyl (C=O) groups is 3. The van der Waals surface area contributed by atoms with E-state index >= 15 is 0 Å². The molecule has 0 spiro atoms. The predicted octanol–water partition coefficient (Wildman–Crippen LogP) is 2.17. The van der Waals surface area contributed by atoms with Gasteiger partial charge in [-0.1, -0.05) is 17.3 Å². The van der Waals surface area contributed by atoms with Gasteiger partial charge in [-0.15, -0.1) is 0 Å². The van der Waals surface area contributed by atoms with Gasteiger partial charge >= 0.3 is 5.97 Å². The van der Waals surface area contributed by atoms with E-state index in [-0.39, 0.29) is 37.3 Å². The van der Waals surface area contributed by atoms with Gasteiger partial charge in [0.25, 0.3) is 5.91 Å². The third kappa shape index (κ3) is 2.30. The number of carbonyl (C=O) groups excluding carboxylic acids is 3. The maximum absolute atomic E-state index is 13.4. The van der Waals surface area contributed by atoms with E-state index in [4.69, 9.17) is 9.26 Å². The highest BCUT2D eigenvalue weighted by Gasteiger charge is 2.64. The summed E-state index contributed by atoms with van der Waals surface area (Å²) in [5.41, 5.74) is 0.167. The average Bonchev–Trinajstić information content (AvgIpc) is 3.34. The van der Waals surface area contributed by atoms with Gasteiger partial charge in [-0.05, 0) is 31.9 Å². The van der Waals surface area contributed by atoms with Crippen LogP contribution in [-0.4, -0.2) is 39.5 Å². The monoisotopic (exact) mass is 381 g/mol. The number of amides is 2. The van der Waals surface area contributed by atoms with Gasteiger partial charge in [0.05, 0.1) is 16.9 Å². The molecule has 1 aromatic carbocycles. The minimum atomic E-state index is -1.43. The van der Waals surface area contributed by atoms with Crippen molar-refractivity contribution < 1.29 is 23.6 Å². The SMILES string of the molecule is Cc1cc(COC(=O)C23CCC(=O)N2c2ccccc2C(=O)N3C2CC2)on1. The third-order valence-corrected chi connectivity index (χ3v) is 5.56. The molecule has 8 nitrogen and oxygen atoms in total. The molecule has 3 aliphatic rings. The first-order chi connectivity index (χ1) is 13.5. The number of ether oxygens (including phenoxy) is 1. The van der Waals surface area contributed by atoms with Crippen molar-refractivity contribution in [2.75, 3.05) is 4.90 Å². The molecule has 0 bridgehead atoms. The van der Waals surface area contributed by atoms with Crippen LogP contribution in [0.1, 0.15) is 47.5 Å². The van der Waals surface area contributed by atoms with Crippen LogP contribution in [0, 0.1) is 6.92 Å². The Morgan fingerprint density at radius 2 is 2.11 bits per heavy atom. The molecule has 0 N–H and O–H groups in total. The minimum absolute atomic E-state index is 0.0608. The van der Waals surface area contributed by atoms with Gasteiger partial charge in [0.1, 0.15) is 0 Å². The minimum Gasteiger partial charge on any atom is -0.454 e. The lowest BCUT2D eigenvalue weighted by Crippen LogP contribution is -2.69. The third-order valence-electron chi connectivity index (χ3n) is 5.56. The first-order valence-electron chi connectivity index (χ1n) is 9.37. The highest BCUT2D eigenvalue weighted by atomic mass is 16.6. The average molecular weight is 381 g/mol. The lowest BCUT2D eigenvalue weighted by molar-refractivity contribution is -0.159. The molecule has 1 saturated carbocycles. The van der Waals surface area contributed by atoms with Crippen LogP contribution < -0.4 is 4.90 Å². The number of nitrogens with zero attached hydrogens (tertiary/aromatic N) is 3. The molecule has 1 aromatic heterocycles. The van der Waals surface area contributed by atoms with Crippen LogP contribution in [0.5, 0.6) is 0 Å². The molecule has 0 radical (unpaired) electrons. The molecule has 2 amide bonds. The maximum Gasteiger partial charge on any atom is 0.354 e. The number of rotatable bonds is 4. The summed E-state index contributed by atoms with van der Waals surface area (Å²) in [5.74, 6) is -0.602. The number of para-hydroxylation sites is 1. The van der Waals surface area contributed by atoms with E-state index in [0.29, 0.717) is 22.7 Å². The first-order valence-corrected chi connectivity index (χ1v) is 9.37. The fourth-order valence-electron chi connectivity index (χ4n) is 4.25. The van der Waals surface area contributed by atoms with Crippen LogP contribution in [0.15, 0.2) is 34.9 Å². The first kappa shape index (κ1) is 17.0. The second kappa shape index (κ2) is 5.92. The number of anilines is 1. The summed E-state index contributed by atoms with van der Waals surface area (Å²) in [5, 5.41) is 3.78. The standard InChI is InChI=1S/C20H19N3O5/c1-12-10-14(28-21-12)11-27-19(26)20-9-8-17(24)23(20)16-5-3-2-4-15(16)18(25)22(20)13-6-7-13/h2-5,10,13H,6-9,11H2,1H3. The zero-order valence-electron chi connectivity index (χ0n) is 15.4. The maximum atomic E-state index is 13.4. The second-order valence-electron chi connectivity index (χ2n) is 7.48. The molecule has 2 aromatic rings. The van der Waals surface area contributed by atoms with E-state index in [9.17, 15) is 14.4 Å². The summed E-state index contributed by atoms with van der Waals surface area (Å²) < 4.78 is 10.7. The van der Waals surface area contributed by atoms with Crippen LogP contribution in [0.4, 0.5) is 5.69 Å². The van der Waals surface area contributed by atoms with Crippen molar-refractivity contribution in [2.24, 2.45) is 0 Å². The lowest BCUT2D eigenvalue weighted by atomic mass is 9.96. The van der Waals surface area contributed by atoms with Gasteiger partial charge in [-0.25, -0.2) is 4.79 Å². The molecular weight excluding hydrogens is 362 g/mol. The van der Waals surface area contributed by atoms with E-state index in [1.165, 1.54) is 4.90 Å². The quantitative estimate of drug-likeness (QED) is 0.754. The number of benzene rings is 1. The van der Waals surface area contributed by atoms with Crippen molar-refractivity contribution in [3.8, 4) is 0 Å². The Bertz CT molecular complexity index is 995. The Labute approximate surface area is 161 Å². The molecule has 144 valence electrons. The molecule has 1 atom stereocenters. The Morgan fingerprint density at radius 1 is 1.32 bits per heavy atom. The normalized spacial score (nSPS) is 23.6. The molecule has 1 aliphatic carbocycles. The number of fused-ring (bicyclic) bond motifs is 3. The molecule has 1 saturated heterocycles. The van der Waals surface area contributed by atoms with Gasteiger partial charge in [-0.3, -0.25) is 14.5 Å². The number of hydrogen-bond acceptors (Lipinski definition) is 6. The molecule has 3 heterocycles. The van der Waals surface area contributed by atoms with Crippen molar-refractivity contribution >= 4 is 23.5 Å². The molecule has 2 fully saturated rings. The lowest BCUT2D eigenvalue weighted by Gasteiger charge is -2.48. The Balaban J connectivity index is 1.57. The summed E-state index contributed by atoms with van der Waals surface area (Å²) in [7, 11) is 0. The molecule has 5 rings (SSSR count). The smallest absolute Gasteiger partial charge is 0.354 e. The summed E-state index contributed by atoms with van der Waals surface area (Å²) in [6.45, 7) is 1.67. The van der Waals surface area contributed by atoms with Gasteiger partial charge < -0.3 is 14.2 Å². The Morgan fingerprint density at radius 3 is 2.82 bits per heavy atom. The topological polar surface area (TPSA) is 93.0 Å². The van der Waals surface area contributed by atoms with E-state index < -0.39 is 11.6 Å². The number of esters is 1. The molecule has 28 heavy (non-hydrogen) atoms.